The Morgan fingerprint density at radius 1 is 1.10 bits per heavy atom. The number of carbonyl (C=O) groups excluding carboxylic acids is 1. The van der Waals surface area contributed by atoms with E-state index in [0.29, 0.717) is 18.4 Å². The molecule has 0 spiro atoms. The Morgan fingerprint density at radius 3 is 2.48 bits per heavy atom. The third-order valence-corrected chi connectivity index (χ3v) is 4.38. The molecule has 1 aliphatic carbocycles. The largest absolute Gasteiger partial charge is 0.481 e. The normalized spacial score (nSPS) is 20.8. The summed E-state index contributed by atoms with van der Waals surface area (Å²) in [5.41, 5.74) is 0.601. The lowest BCUT2D eigenvalue weighted by molar-refractivity contribution is -0.145. The molecule has 0 heterocycles. The first-order valence-electron chi connectivity index (χ1n) is 6.76. The Labute approximate surface area is 130 Å². The van der Waals surface area contributed by atoms with E-state index in [0.717, 1.165) is 15.2 Å². The summed E-state index contributed by atoms with van der Waals surface area (Å²) in [6.45, 7) is 0. The van der Waals surface area contributed by atoms with Crippen molar-refractivity contribution in [3.05, 3.63) is 46.4 Å². The van der Waals surface area contributed by atoms with Crippen LogP contribution in [-0.4, -0.2) is 23.0 Å². The molecule has 2 N–H and O–H groups in total. The van der Waals surface area contributed by atoms with Gasteiger partial charge in [-0.3, -0.25) is 9.59 Å². The van der Waals surface area contributed by atoms with E-state index >= 15 is 0 Å². The highest BCUT2D eigenvalue weighted by atomic mass is 79.9. The van der Waals surface area contributed by atoms with Gasteiger partial charge >= 0.3 is 5.97 Å². The molecule has 0 aromatic heterocycles. The Kier molecular flexibility index (Phi) is 3.68. The molecule has 1 amide bonds. The number of rotatable bonds is 3. The highest BCUT2D eigenvalue weighted by Gasteiger charge is 2.35. The lowest BCUT2D eigenvalue weighted by atomic mass is 9.80. The lowest BCUT2D eigenvalue weighted by Gasteiger charge is -2.32. The fourth-order valence-electron chi connectivity index (χ4n) is 2.56. The molecule has 1 fully saturated rings. The maximum Gasteiger partial charge on any atom is 0.306 e. The molecule has 2 aromatic carbocycles. The van der Waals surface area contributed by atoms with Gasteiger partial charge < -0.3 is 10.4 Å². The zero-order valence-electron chi connectivity index (χ0n) is 11.2. The van der Waals surface area contributed by atoms with Gasteiger partial charge in [0, 0.05) is 16.1 Å². The minimum Gasteiger partial charge on any atom is -0.481 e. The average molecular weight is 348 g/mol. The van der Waals surface area contributed by atoms with Gasteiger partial charge in [0.15, 0.2) is 0 Å². The number of fused-ring (bicyclic) bond motifs is 1. The van der Waals surface area contributed by atoms with Crippen LogP contribution in [-0.2, 0) is 4.79 Å². The smallest absolute Gasteiger partial charge is 0.306 e. The van der Waals surface area contributed by atoms with Crippen LogP contribution in [0.15, 0.2) is 40.9 Å². The van der Waals surface area contributed by atoms with Crippen molar-refractivity contribution in [3.8, 4) is 0 Å². The Balaban J connectivity index is 1.70. The van der Waals surface area contributed by atoms with E-state index in [2.05, 4.69) is 21.2 Å². The zero-order chi connectivity index (χ0) is 15.0. The molecule has 0 radical (unpaired) electrons. The molecule has 0 aliphatic heterocycles. The second-order valence-electron chi connectivity index (χ2n) is 5.38. The van der Waals surface area contributed by atoms with Crippen molar-refractivity contribution in [1.82, 2.24) is 5.32 Å². The topological polar surface area (TPSA) is 66.4 Å². The summed E-state index contributed by atoms with van der Waals surface area (Å²) in [6, 6.07) is 11.4. The molecule has 0 bridgehead atoms. The van der Waals surface area contributed by atoms with Crippen molar-refractivity contribution in [3.63, 3.8) is 0 Å². The van der Waals surface area contributed by atoms with Gasteiger partial charge in [-0.05, 0) is 47.9 Å². The Hall–Kier alpha value is -1.88. The molecule has 2 aromatic rings. The van der Waals surface area contributed by atoms with Crippen LogP contribution >= 0.6 is 15.9 Å². The minimum absolute atomic E-state index is 0.0285. The molecular weight excluding hydrogens is 334 g/mol. The van der Waals surface area contributed by atoms with Gasteiger partial charge in [-0.15, -0.1) is 0 Å². The summed E-state index contributed by atoms with van der Waals surface area (Å²) in [5.74, 6) is -1.24. The van der Waals surface area contributed by atoms with Crippen molar-refractivity contribution in [2.45, 2.75) is 18.9 Å². The number of aliphatic carboxylic acids is 1. The van der Waals surface area contributed by atoms with E-state index in [1.807, 2.05) is 30.3 Å². The summed E-state index contributed by atoms with van der Waals surface area (Å²) >= 11 is 3.42. The number of halogens is 1. The molecule has 1 saturated carbocycles. The SMILES string of the molecule is O=C(NC1CC(C(=O)O)C1)c1ccc2cc(Br)ccc2c1. The summed E-state index contributed by atoms with van der Waals surface area (Å²) in [4.78, 5) is 22.9. The monoisotopic (exact) mass is 347 g/mol. The highest BCUT2D eigenvalue weighted by molar-refractivity contribution is 9.10. The van der Waals surface area contributed by atoms with Crippen molar-refractivity contribution in [2.75, 3.05) is 0 Å². The first kappa shape index (κ1) is 14.1. The zero-order valence-corrected chi connectivity index (χ0v) is 12.8. The first-order chi connectivity index (χ1) is 10.0. The second-order valence-corrected chi connectivity index (χ2v) is 6.30. The minimum atomic E-state index is -0.781. The number of hydrogen-bond donors (Lipinski definition) is 2. The number of benzene rings is 2. The number of carboxylic acids is 1. The lowest BCUT2D eigenvalue weighted by Crippen LogP contribution is -2.46. The molecule has 108 valence electrons. The predicted molar refractivity (Wildman–Crippen MR) is 83.3 cm³/mol. The standard InChI is InChI=1S/C16H14BrNO3/c17-13-4-3-9-5-11(2-1-10(9)6-13)15(19)18-14-7-12(8-14)16(20)21/h1-6,12,14H,7-8H2,(H,18,19)(H,20,21). The van der Waals surface area contributed by atoms with Gasteiger partial charge in [-0.1, -0.05) is 28.1 Å². The molecule has 1 aliphatic rings. The van der Waals surface area contributed by atoms with Crippen molar-refractivity contribution in [1.29, 1.82) is 0 Å². The number of amides is 1. The van der Waals surface area contributed by atoms with Crippen LogP contribution in [0.4, 0.5) is 0 Å². The molecule has 0 atom stereocenters. The number of hydrogen-bond acceptors (Lipinski definition) is 2. The molecule has 4 nitrogen and oxygen atoms in total. The maximum absolute atomic E-state index is 12.2. The quantitative estimate of drug-likeness (QED) is 0.895. The van der Waals surface area contributed by atoms with Crippen LogP contribution in [0.3, 0.4) is 0 Å². The van der Waals surface area contributed by atoms with Gasteiger partial charge in [0.25, 0.3) is 5.91 Å². The van der Waals surface area contributed by atoms with E-state index in [1.54, 1.807) is 6.07 Å². The van der Waals surface area contributed by atoms with Crippen LogP contribution < -0.4 is 5.32 Å². The van der Waals surface area contributed by atoms with E-state index in [1.165, 1.54) is 0 Å². The van der Waals surface area contributed by atoms with Crippen molar-refractivity contribution < 1.29 is 14.7 Å². The Morgan fingerprint density at radius 2 is 1.76 bits per heavy atom. The summed E-state index contributed by atoms with van der Waals surface area (Å²) in [6.07, 6.45) is 1.03. The van der Waals surface area contributed by atoms with E-state index in [9.17, 15) is 9.59 Å². The Bertz CT molecular complexity index is 723. The fourth-order valence-corrected chi connectivity index (χ4v) is 2.94. The van der Waals surface area contributed by atoms with E-state index < -0.39 is 5.97 Å². The molecule has 21 heavy (non-hydrogen) atoms. The third-order valence-electron chi connectivity index (χ3n) is 3.89. The second kappa shape index (κ2) is 5.48. The van der Waals surface area contributed by atoms with Crippen LogP contribution in [0, 0.1) is 5.92 Å². The predicted octanol–water partition coefficient (Wildman–Crippen LogP) is 3.20. The fraction of sp³-hybridized carbons (Fsp3) is 0.250. The van der Waals surface area contributed by atoms with Gasteiger partial charge in [0.05, 0.1) is 5.92 Å². The number of carbonyl (C=O) groups is 2. The van der Waals surface area contributed by atoms with Crippen LogP contribution in [0.5, 0.6) is 0 Å². The molecule has 5 heteroatoms. The number of nitrogens with one attached hydrogen (secondary N) is 1. The summed E-state index contributed by atoms with van der Waals surface area (Å²) in [7, 11) is 0. The summed E-state index contributed by atoms with van der Waals surface area (Å²) in [5, 5.41) is 13.8. The summed E-state index contributed by atoms with van der Waals surface area (Å²) < 4.78 is 1.00. The van der Waals surface area contributed by atoms with E-state index in [-0.39, 0.29) is 17.9 Å². The maximum atomic E-state index is 12.2. The molecule has 3 rings (SSSR count). The van der Waals surface area contributed by atoms with Crippen LogP contribution in [0.25, 0.3) is 10.8 Å². The number of carboxylic acid groups (broad SMARTS) is 1. The molecule has 0 saturated heterocycles. The van der Waals surface area contributed by atoms with Gasteiger partial charge in [0.2, 0.25) is 0 Å². The molecule has 0 unspecified atom stereocenters. The first-order valence-corrected chi connectivity index (χ1v) is 7.55. The van der Waals surface area contributed by atoms with Gasteiger partial charge in [-0.25, -0.2) is 0 Å². The van der Waals surface area contributed by atoms with Gasteiger partial charge in [-0.2, -0.15) is 0 Å². The van der Waals surface area contributed by atoms with Crippen molar-refractivity contribution >= 4 is 38.6 Å². The van der Waals surface area contributed by atoms with Crippen molar-refractivity contribution in [2.24, 2.45) is 5.92 Å². The van der Waals surface area contributed by atoms with Gasteiger partial charge in [0.1, 0.15) is 0 Å². The third kappa shape index (κ3) is 2.93. The van der Waals surface area contributed by atoms with Crippen LogP contribution in [0.2, 0.25) is 0 Å². The average Bonchev–Trinajstić information content (AvgIpc) is 2.41. The molecular formula is C16H14BrNO3. The van der Waals surface area contributed by atoms with E-state index in [4.69, 9.17) is 5.11 Å². The highest BCUT2D eigenvalue weighted by Crippen LogP contribution is 2.28. The van der Waals surface area contributed by atoms with Crippen LogP contribution in [0.1, 0.15) is 23.2 Å².